The largest absolute Gasteiger partial charge is 0.494 e. The number of benzene rings is 1. The molecule has 0 saturated carbocycles. The molecule has 0 saturated heterocycles. The van der Waals surface area contributed by atoms with Gasteiger partial charge in [0.15, 0.2) is 5.78 Å². The molecule has 0 bridgehead atoms. The van der Waals surface area contributed by atoms with Gasteiger partial charge >= 0.3 is 0 Å². The van der Waals surface area contributed by atoms with Crippen molar-refractivity contribution in [3.63, 3.8) is 0 Å². The average Bonchev–Trinajstić information content (AvgIpc) is 2.28. The summed E-state index contributed by atoms with van der Waals surface area (Å²) in [7, 11) is -3.00. The third-order valence-corrected chi connectivity index (χ3v) is 3.42. The van der Waals surface area contributed by atoms with Crippen molar-refractivity contribution < 1.29 is 17.9 Å². The predicted octanol–water partition coefficient (Wildman–Crippen LogP) is 2.09. The molecule has 0 atom stereocenters. The highest BCUT2D eigenvalue weighted by Gasteiger charge is 2.09. The van der Waals surface area contributed by atoms with E-state index in [0.29, 0.717) is 24.3 Å². The highest BCUT2D eigenvalue weighted by atomic mass is 32.2. The molecule has 0 radical (unpaired) electrons. The van der Waals surface area contributed by atoms with Crippen LogP contribution in [-0.4, -0.2) is 32.8 Å². The molecular formula is C13H18O4S. The summed E-state index contributed by atoms with van der Waals surface area (Å²) in [5.74, 6) is 0.649. The van der Waals surface area contributed by atoms with Crippen molar-refractivity contribution in [1.82, 2.24) is 0 Å². The molecule has 0 aliphatic carbocycles. The van der Waals surface area contributed by atoms with Crippen molar-refractivity contribution in [3.05, 3.63) is 29.8 Å². The molecule has 0 unspecified atom stereocenters. The van der Waals surface area contributed by atoms with Crippen LogP contribution in [0.3, 0.4) is 0 Å². The minimum Gasteiger partial charge on any atom is -0.494 e. The van der Waals surface area contributed by atoms with Crippen molar-refractivity contribution in [2.45, 2.75) is 19.8 Å². The van der Waals surface area contributed by atoms with Gasteiger partial charge in [0.25, 0.3) is 0 Å². The Morgan fingerprint density at radius 2 is 2.06 bits per heavy atom. The smallest absolute Gasteiger partial charge is 0.163 e. The fourth-order valence-electron chi connectivity index (χ4n) is 1.57. The maximum absolute atomic E-state index is 11.8. The zero-order valence-electron chi connectivity index (χ0n) is 10.7. The Bertz CT molecular complexity index is 505. The van der Waals surface area contributed by atoms with Crippen LogP contribution in [0, 0.1) is 0 Å². The van der Waals surface area contributed by atoms with E-state index in [1.165, 1.54) is 6.26 Å². The summed E-state index contributed by atoms with van der Waals surface area (Å²) in [5.41, 5.74) is 0.564. The van der Waals surface area contributed by atoms with Crippen molar-refractivity contribution in [2.75, 3.05) is 18.6 Å². The van der Waals surface area contributed by atoms with E-state index in [9.17, 15) is 13.2 Å². The number of carbonyl (C=O) groups is 1. The fourth-order valence-corrected chi connectivity index (χ4v) is 2.23. The van der Waals surface area contributed by atoms with Gasteiger partial charge in [-0.3, -0.25) is 4.79 Å². The van der Waals surface area contributed by atoms with E-state index in [1.54, 1.807) is 24.3 Å². The van der Waals surface area contributed by atoms with Crippen LogP contribution in [0.4, 0.5) is 0 Å². The lowest BCUT2D eigenvalue weighted by Gasteiger charge is -2.05. The lowest BCUT2D eigenvalue weighted by Crippen LogP contribution is -2.06. The quantitative estimate of drug-likeness (QED) is 0.712. The second-order valence-corrected chi connectivity index (χ2v) is 6.38. The Morgan fingerprint density at radius 3 is 2.67 bits per heavy atom. The van der Waals surface area contributed by atoms with Crippen molar-refractivity contribution in [1.29, 1.82) is 0 Å². The Balaban J connectivity index is 2.58. The summed E-state index contributed by atoms with van der Waals surface area (Å²) < 4.78 is 27.2. The van der Waals surface area contributed by atoms with Gasteiger partial charge in [0.05, 0.1) is 12.4 Å². The van der Waals surface area contributed by atoms with Crippen LogP contribution >= 0.6 is 0 Å². The van der Waals surface area contributed by atoms with Gasteiger partial charge in [0.2, 0.25) is 0 Å². The number of rotatable bonds is 7. The fraction of sp³-hybridized carbons (Fsp3) is 0.462. The van der Waals surface area contributed by atoms with Gasteiger partial charge < -0.3 is 4.74 Å². The number of ketones is 1. The first-order chi connectivity index (χ1) is 8.42. The summed E-state index contributed by atoms with van der Waals surface area (Å²) in [6.45, 7) is 2.42. The Kier molecular flexibility index (Phi) is 5.34. The third-order valence-electron chi connectivity index (χ3n) is 2.39. The number of sulfone groups is 1. The molecule has 100 valence electrons. The van der Waals surface area contributed by atoms with Gasteiger partial charge in [0, 0.05) is 18.2 Å². The molecule has 4 nitrogen and oxygen atoms in total. The molecule has 1 rings (SSSR count). The van der Waals surface area contributed by atoms with Crippen molar-refractivity contribution >= 4 is 15.6 Å². The van der Waals surface area contributed by atoms with Crippen LogP contribution in [0.25, 0.3) is 0 Å². The summed E-state index contributed by atoms with van der Waals surface area (Å²) >= 11 is 0. The standard InChI is InChI=1S/C13H18O4S/c1-3-17-12-7-4-6-11(10-12)13(14)8-5-9-18(2,15)16/h4,6-7,10H,3,5,8-9H2,1-2H3. The average molecular weight is 270 g/mol. The highest BCUT2D eigenvalue weighted by Crippen LogP contribution is 2.15. The van der Waals surface area contributed by atoms with E-state index < -0.39 is 9.84 Å². The molecule has 5 heteroatoms. The lowest BCUT2D eigenvalue weighted by molar-refractivity contribution is 0.0981. The lowest BCUT2D eigenvalue weighted by atomic mass is 10.1. The number of carbonyl (C=O) groups excluding carboxylic acids is 1. The molecule has 0 aromatic heterocycles. The minimum atomic E-state index is -3.00. The van der Waals surface area contributed by atoms with Gasteiger partial charge in [-0.05, 0) is 25.5 Å². The molecule has 0 N–H and O–H groups in total. The maximum Gasteiger partial charge on any atom is 0.163 e. The van der Waals surface area contributed by atoms with Gasteiger partial charge in [-0.15, -0.1) is 0 Å². The third kappa shape index (κ3) is 5.31. The molecule has 0 aliphatic rings. The van der Waals surface area contributed by atoms with E-state index in [0.717, 1.165) is 0 Å². The Morgan fingerprint density at radius 1 is 1.33 bits per heavy atom. The van der Waals surface area contributed by atoms with Crippen LogP contribution in [-0.2, 0) is 9.84 Å². The predicted molar refractivity (Wildman–Crippen MR) is 70.9 cm³/mol. The summed E-state index contributed by atoms with van der Waals surface area (Å²) in [6.07, 6.45) is 1.77. The second-order valence-electron chi connectivity index (χ2n) is 4.12. The van der Waals surface area contributed by atoms with Crippen molar-refractivity contribution in [2.24, 2.45) is 0 Å². The normalized spacial score (nSPS) is 11.2. The number of hydrogen-bond acceptors (Lipinski definition) is 4. The minimum absolute atomic E-state index is 0.0455. The molecule has 1 aromatic rings. The Hall–Kier alpha value is -1.36. The van der Waals surface area contributed by atoms with E-state index in [-0.39, 0.29) is 18.0 Å². The van der Waals surface area contributed by atoms with Crippen molar-refractivity contribution in [3.8, 4) is 5.75 Å². The zero-order valence-corrected chi connectivity index (χ0v) is 11.5. The first kappa shape index (κ1) is 14.7. The molecule has 0 spiro atoms. The first-order valence-electron chi connectivity index (χ1n) is 5.86. The van der Waals surface area contributed by atoms with Gasteiger partial charge in [-0.2, -0.15) is 0 Å². The monoisotopic (exact) mass is 270 g/mol. The van der Waals surface area contributed by atoms with Crippen LogP contribution in [0.5, 0.6) is 5.75 Å². The Labute approximate surface area is 108 Å². The van der Waals surface area contributed by atoms with Gasteiger partial charge in [0.1, 0.15) is 15.6 Å². The molecule has 1 aromatic carbocycles. The van der Waals surface area contributed by atoms with Crippen LogP contribution < -0.4 is 4.74 Å². The SMILES string of the molecule is CCOc1cccc(C(=O)CCCS(C)(=O)=O)c1. The van der Waals surface area contributed by atoms with E-state index in [2.05, 4.69) is 0 Å². The van der Waals surface area contributed by atoms with Gasteiger partial charge in [-0.1, -0.05) is 12.1 Å². The number of ether oxygens (including phenoxy) is 1. The van der Waals surface area contributed by atoms with E-state index >= 15 is 0 Å². The summed E-state index contributed by atoms with van der Waals surface area (Å²) in [6, 6.07) is 6.95. The summed E-state index contributed by atoms with van der Waals surface area (Å²) in [5, 5.41) is 0. The van der Waals surface area contributed by atoms with E-state index in [1.807, 2.05) is 6.92 Å². The molecule has 0 aliphatic heterocycles. The van der Waals surface area contributed by atoms with Gasteiger partial charge in [-0.25, -0.2) is 8.42 Å². The number of hydrogen-bond donors (Lipinski definition) is 0. The zero-order chi connectivity index (χ0) is 13.6. The molecule has 0 fully saturated rings. The molecular weight excluding hydrogens is 252 g/mol. The topological polar surface area (TPSA) is 60.4 Å². The second kappa shape index (κ2) is 6.54. The van der Waals surface area contributed by atoms with E-state index in [4.69, 9.17) is 4.74 Å². The molecule has 0 amide bonds. The first-order valence-corrected chi connectivity index (χ1v) is 7.92. The highest BCUT2D eigenvalue weighted by molar-refractivity contribution is 7.90. The number of Topliss-reactive ketones (excluding diaryl/α,β-unsaturated/α-hetero) is 1. The molecule has 18 heavy (non-hydrogen) atoms. The van der Waals surface area contributed by atoms with Crippen LogP contribution in [0.15, 0.2) is 24.3 Å². The van der Waals surface area contributed by atoms with Crippen LogP contribution in [0.2, 0.25) is 0 Å². The maximum atomic E-state index is 11.8. The summed E-state index contributed by atoms with van der Waals surface area (Å²) in [4.78, 5) is 11.8. The molecule has 0 heterocycles. The van der Waals surface area contributed by atoms with Crippen LogP contribution in [0.1, 0.15) is 30.1 Å².